The lowest BCUT2D eigenvalue weighted by atomic mass is 10.1. The second-order valence-corrected chi connectivity index (χ2v) is 5.17. The van der Waals surface area contributed by atoms with Gasteiger partial charge in [-0.15, -0.1) is 0 Å². The quantitative estimate of drug-likeness (QED) is 0.590. The first-order valence-corrected chi connectivity index (χ1v) is 4.76. The highest BCUT2D eigenvalue weighted by Gasteiger charge is 2.25. The average Bonchev–Trinajstić information content (AvgIpc) is 1.92. The van der Waals surface area contributed by atoms with Crippen LogP contribution in [-0.4, -0.2) is 0 Å². The van der Waals surface area contributed by atoms with Gasteiger partial charge in [-0.1, -0.05) is 64.1 Å². The summed E-state index contributed by atoms with van der Waals surface area (Å²) in [6.45, 7) is 1.91. The summed E-state index contributed by atoms with van der Waals surface area (Å²) >= 11 is 22.9. The minimum absolute atomic E-state index is 0.473. The van der Waals surface area contributed by atoms with Gasteiger partial charge < -0.3 is 0 Å². The first-order valence-electron chi connectivity index (χ1n) is 3.24. The Kier molecular flexibility index (Phi) is 3.16. The Morgan fingerprint density at radius 1 is 1.17 bits per heavy atom. The predicted molar refractivity (Wildman–Crippen MR) is 55.4 cm³/mol. The van der Waals surface area contributed by atoms with Crippen LogP contribution >= 0.6 is 46.4 Å². The van der Waals surface area contributed by atoms with Gasteiger partial charge in [-0.2, -0.15) is 0 Å². The molecule has 0 aliphatic heterocycles. The maximum atomic E-state index is 5.83. The number of hydrogen-bond donors (Lipinski definition) is 0. The van der Waals surface area contributed by atoms with Crippen LogP contribution in [0, 0.1) is 6.92 Å². The molecule has 4 heteroatoms. The average molecular weight is 244 g/mol. The predicted octanol–water partition coefficient (Wildman–Crippen LogP) is 4.48. The van der Waals surface area contributed by atoms with Crippen molar-refractivity contribution >= 4 is 46.4 Å². The van der Waals surface area contributed by atoms with Crippen LogP contribution in [-0.2, 0) is 3.79 Å². The molecular weight excluding hydrogens is 238 g/mol. The van der Waals surface area contributed by atoms with Gasteiger partial charge in [-0.05, 0) is 13.0 Å². The SMILES string of the molecule is Cc1ccc(Cl)c(C(Cl)(Cl)Cl)c1. The third-order valence-corrected chi connectivity index (χ3v) is 2.37. The number of rotatable bonds is 0. The highest BCUT2D eigenvalue weighted by Crippen LogP contribution is 2.41. The van der Waals surface area contributed by atoms with Crippen molar-refractivity contribution < 1.29 is 0 Å². The van der Waals surface area contributed by atoms with Crippen LogP contribution in [0.3, 0.4) is 0 Å². The van der Waals surface area contributed by atoms with Gasteiger partial charge >= 0.3 is 0 Å². The minimum atomic E-state index is -1.44. The number of halogens is 4. The van der Waals surface area contributed by atoms with Crippen LogP contribution in [0.15, 0.2) is 18.2 Å². The van der Waals surface area contributed by atoms with Gasteiger partial charge in [0.25, 0.3) is 0 Å². The molecule has 1 aromatic rings. The van der Waals surface area contributed by atoms with Crippen LogP contribution in [0.4, 0.5) is 0 Å². The summed E-state index contributed by atoms with van der Waals surface area (Å²) in [5.41, 5.74) is 1.54. The zero-order chi connectivity index (χ0) is 9.35. The topological polar surface area (TPSA) is 0 Å². The first-order chi connectivity index (χ1) is 5.41. The molecule has 66 valence electrons. The fraction of sp³-hybridized carbons (Fsp3) is 0.250. The van der Waals surface area contributed by atoms with Crippen molar-refractivity contribution in [2.45, 2.75) is 10.7 Å². The molecule has 0 atom stereocenters. The Bertz CT molecular complexity index is 288. The van der Waals surface area contributed by atoms with Crippen molar-refractivity contribution in [3.8, 4) is 0 Å². The Morgan fingerprint density at radius 2 is 1.75 bits per heavy atom. The largest absolute Gasteiger partial charge is 0.217 e. The lowest BCUT2D eigenvalue weighted by molar-refractivity contribution is 1.22. The lowest BCUT2D eigenvalue weighted by Gasteiger charge is -2.13. The molecule has 0 spiro atoms. The minimum Gasteiger partial charge on any atom is -0.0839 e. The Morgan fingerprint density at radius 3 is 2.17 bits per heavy atom. The normalized spacial score (nSPS) is 11.8. The van der Waals surface area contributed by atoms with Gasteiger partial charge in [0.05, 0.1) is 0 Å². The van der Waals surface area contributed by atoms with E-state index in [-0.39, 0.29) is 0 Å². The number of alkyl halides is 3. The molecular formula is C8H6Cl4. The van der Waals surface area contributed by atoms with Gasteiger partial charge in [0.1, 0.15) is 0 Å². The third kappa shape index (κ3) is 2.43. The summed E-state index contributed by atoms with van der Waals surface area (Å²) < 4.78 is -1.44. The van der Waals surface area contributed by atoms with Crippen LogP contribution in [0.2, 0.25) is 5.02 Å². The molecule has 12 heavy (non-hydrogen) atoms. The van der Waals surface area contributed by atoms with E-state index in [1.165, 1.54) is 0 Å². The van der Waals surface area contributed by atoms with E-state index in [1.807, 2.05) is 13.0 Å². The number of hydrogen-bond acceptors (Lipinski definition) is 0. The maximum absolute atomic E-state index is 5.83. The highest BCUT2D eigenvalue weighted by atomic mass is 35.6. The number of aryl methyl sites for hydroxylation is 1. The van der Waals surface area contributed by atoms with E-state index in [1.54, 1.807) is 12.1 Å². The summed E-state index contributed by atoms with van der Waals surface area (Å²) in [7, 11) is 0. The molecule has 0 saturated heterocycles. The van der Waals surface area contributed by atoms with Gasteiger partial charge in [-0.25, -0.2) is 0 Å². The zero-order valence-corrected chi connectivity index (χ0v) is 9.27. The molecule has 0 amide bonds. The van der Waals surface area contributed by atoms with Crippen LogP contribution in [0.5, 0.6) is 0 Å². The van der Waals surface area contributed by atoms with Crippen LogP contribution < -0.4 is 0 Å². The lowest BCUT2D eigenvalue weighted by Crippen LogP contribution is -2.01. The molecule has 0 unspecified atom stereocenters. The second-order valence-electron chi connectivity index (χ2n) is 2.48. The van der Waals surface area contributed by atoms with Crippen LogP contribution in [0.1, 0.15) is 11.1 Å². The van der Waals surface area contributed by atoms with E-state index < -0.39 is 3.79 Å². The molecule has 0 heterocycles. The summed E-state index contributed by atoms with van der Waals surface area (Å²) in [6, 6.07) is 5.34. The monoisotopic (exact) mass is 242 g/mol. The molecule has 0 aliphatic carbocycles. The van der Waals surface area contributed by atoms with E-state index in [4.69, 9.17) is 46.4 Å². The van der Waals surface area contributed by atoms with Crippen LogP contribution in [0.25, 0.3) is 0 Å². The Balaban J connectivity index is 3.23. The third-order valence-electron chi connectivity index (χ3n) is 1.43. The second kappa shape index (κ2) is 3.63. The Hall–Kier alpha value is 0.380. The summed E-state index contributed by atoms with van der Waals surface area (Å²) in [4.78, 5) is 0. The van der Waals surface area contributed by atoms with E-state index in [9.17, 15) is 0 Å². The van der Waals surface area contributed by atoms with Crippen molar-refractivity contribution in [3.05, 3.63) is 34.3 Å². The summed E-state index contributed by atoms with van der Waals surface area (Å²) in [6.07, 6.45) is 0. The molecule has 1 aromatic carbocycles. The van der Waals surface area contributed by atoms with Gasteiger partial charge in [0.15, 0.2) is 0 Å². The molecule has 0 aliphatic rings. The standard InChI is InChI=1S/C8H6Cl4/c1-5-2-3-7(9)6(4-5)8(10,11)12/h2-4H,1H3. The number of benzene rings is 1. The van der Waals surface area contributed by atoms with Crippen molar-refractivity contribution in [1.29, 1.82) is 0 Å². The molecule has 0 aromatic heterocycles. The molecule has 1 rings (SSSR count). The maximum Gasteiger partial charge on any atom is 0.217 e. The van der Waals surface area contributed by atoms with Crippen molar-refractivity contribution in [1.82, 2.24) is 0 Å². The van der Waals surface area contributed by atoms with Crippen molar-refractivity contribution in [3.63, 3.8) is 0 Å². The first kappa shape index (κ1) is 10.5. The highest BCUT2D eigenvalue weighted by molar-refractivity contribution is 6.67. The molecule has 0 bridgehead atoms. The van der Waals surface area contributed by atoms with E-state index in [2.05, 4.69) is 0 Å². The molecule has 0 nitrogen and oxygen atoms in total. The van der Waals surface area contributed by atoms with Gasteiger partial charge in [0, 0.05) is 10.6 Å². The zero-order valence-electron chi connectivity index (χ0n) is 6.24. The van der Waals surface area contributed by atoms with E-state index >= 15 is 0 Å². The molecule has 0 saturated carbocycles. The fourth-order valence-electron chi connectivity index (χ4n) is 0.856. The summed E-state index contributed by atoms with van der Waals surface area (Å²) in [5.74, 6) is 0. The Labute approximate surface area is 91.4 Å². The van der Waals surface area contributed by atoms with E-state index in [0.717, 1.165) is 5.56 Å². The van der Waals surface area contributed by atoms with Crippen molar-refractivity contribution in [2.75, 3.05) is 0 Å². The van der Waals surface area contributed by atoms with Gasteiger partial charge in [-0.3, -0.25) is 0 Å². The molecule has 0 N–H and O–H groups in total. The molecule has 0 radical (unpaired) electrons. The van der Waals surface area contributed by atoms with Gasteiger partial charge in [0.2, 0.25) is 3.79 Å². The molecule has 0 fully saturated rings. The fourth-order valence-corrected chi connectivity index (χ4v) is 1.73. The smallest absolute Gasteiger partial charge is 0.0839 e. The summed E-state index contributed by atoms with van der Waals surface area (Å²) in [5, 5.41) is 0.473. The van der Waals surface area contributed by atoms with Crippen molar-refractivity contribution in [2.24, 2.45) is 0 Å². The van der Waals surface area contributed by atoms with E-state index in [0.29, 0.717) is 10.6 Å².